The highest BCUT2D eigenvalue weighted by molar-refractivity contribution is 5.89. The Kier molecular flexibility index (Phi) is 9.96. The molecule has 1 fully saturated rings. The number of hydroxylamine groups is 1. The topological polar surface area (TPSA) is 126 Å². The second-order valence-corrected chi connectivity index (χ2v) is 8.25. The lowest BCUT2D eigenvalue weighted by atomic mass is 9.89. The fraction of sp³-hybridized carbons (Fsp3) is 0.385. The molecule has 1 aliphatic heterocycles. The molecule has 0 aromatic heterocycles. The fourth-order valence-corrected chi connectivity index (χ4v) is 3.75. The Morgan fingerprint density at radius 2 is 1.56 bits per heavy atom. The molecular weight excluding hydrogens is 470 g/mol. The van der Waals surface area contributed by atoms with E-state index in [1.807, 2.05) is 30.3 Å². The number of benzene rings is 2. The van der Waals surface area contributed by atoms with Crippen molar-refractivity contribution >= 4 is 23.8 Å². The number of hydrogen-bond donors (Lipinski definition) is 1. The van der Waals surface area contributed by atoms with Crippen molar-refractivity contribution in [2.45, 2.75) is 45.2 Å². The quantitative estimate of drug-likeness (QED) is 0.298. The van der Waals surface area contributed by atoms with E-state index in [2.05, 4.69) is 5.48 Å². The van der Waals surface area contributed by atoms with Crippen LogP contribution in [0.1, 0.15) is 36.2 Å². The van der Waals surface area contributed by atoms with Crippen molar-refractivity contribution in [3.05, 3.63) is 71.8 Å². The molecule has 0 aliphatic carbocycles. The Hall–Kier alpha value is -3.76. The lowest BCUT2D eigenvalue weighted by molar-refractivity contribution is -0.203. The van der Waals surface area contributed by atoms with Gasteiger partial charge in [0.05, 0.1) is 18.8 Å². The molecule has 2 aromatic carbocycles. The minimum absolute atomic E-state index is 0.00459. The first-order valence-electron chi connectivity index (χ1n) is 11.5. The third-order valence-corrected chi connectivity index (χ3v) is 5.40. The van der Waals surface area contributed by atoms with Crippen LogP contribution in [0.4, 0.5) is 0 Å². The fourth-order valence-electron chi connectivity index (χ4n) is 3.75. The number of rotatable bonds is 10. The minimum atomic E-state index is -1.13. The highest BCUT2D eigenvalue weighted by Gasteiger charge is 2.46. The van der Waals surface area contributed by atoms with E-state index in [0.717, 1.165) is 5.56 Å². The predicted molar refractivity (Wildman–Crippen MR) is 125 cm³/mol. The van der Waals surface area contributed by atoms with Crippen LogP contribution in [0.2, 0.25) is 0 Å². The summed E-state index contributed by atoms with van der Waals surface area (Å²) in [6.07, 6.45) is -3.19. The van der Waals surface area contributed by atoms with Crippen molar-refractivity contribution in [1.82, 2.24) is 5.48 Å². The van der Waals surface area contributed by atoms with Crippen LogP contribution in [-0.4, -0.2) is 55.3 Å². The van der Waals surface area contributed by atoms with Gasteiger partial charge in [-0.1, -0.05) is 48.5 Å². The van der Waals surface area contributed by atoms with Gasteiger partial charge >= 0.3 is 17.9 Å². The van der Waals surface area contributed by atoms with Crippen molar-refractivity contribution in [3.63, 3.8) is 0 Å². The molecule has 36 heavy (non-hydrogen) atoms. The van der Waals surface area contributed by atoms with E-state index in [9.17, 15) is 19.2 Å². The summed E-state index contributed by atoms with van der Waals surface area (Å²) in [6, 6.07) is 17.5. The minimum Gasteiger partial charge on any atom is -0.463 e. The van der Waals surface area contributed by atoms with Gasteiger partial charge < -0.3 is 18.9 Å². The average molecular weight is 500 g/mol. The van der Waals surface area contributed by atoms with Gasteiger partial charge in [-0.2, -0.15) is 0 Å². The van der Waals surface area contributed by atoms with Crippen LogP contribution in [0.3, 0.4) is 0 Å². The maximum Gasteiger partial charge on any atom is 0.338 e. The molecular formula is C26H29NO9. The first-order chi connectivity index (χ1) is 17.3. The van der Waals surface area contributed by atoms with Crippen LogP contribution < -0.4 is 5.48 Å². The van der Waals surface area contributed by atoms with E-state index in [4.69, 9.17) is 23.8 Å². The maximum absolute atomic E-state index is 12.8. The molecule has 4 atom stereocenters. The van der Waals surface area contributed by atoms with Crippen LogP contribution >= 0.6 is 0 Å². The molecule has 1 N–H and O–H groups in total. The summed E-state index contributed by atoms with van der Waals surface area (Å²) in [6.45, 7) is 2.39. The number of ether oxygens (including phenoxy) is 4. The third kappa shape index (κ3) is 8.17. The molecule has 1 amide bonds. The van der Waals surface area contributed by atoms with Crippen molar-refractivity contribution < 1.29 is 43.0 Å². The van der Waals surface area contributed by atoms with Crippen LogP contribution in [0, 0.1) is 5.92 Å². The second kappa shape index (κ2) is 13.4. The van der Waals surface area contributed by atoms with E-state index in [1.54, 1.807) is 30.3 Å². The maximum atomic E-state index is 12.8. The van der Waals surface area contributed by atoms with Gasteiger partial charge in [-0.15, -0.1) is 0 Å². The standard InChI is InChI=1S/C26H29NO9/c1-17(28)32-16-22-25(36-26(31)20-11-7-4-8-12-20)24(35-18(2)29)21(15-33-22)13-23(30)27-34-14-19-9-5-3-6-10-19/h3-12,21-22,24-25H,13-16H2,1-2H3,(H,27,30)/t21-,22+,24+,25+/m0/s1. The van der Waals surface area contributed by atoms with Gasteiger partial charge in [0.15, 0.2) is 6.10 Å². The zero-order valence-corrected chi connectivity index (χ0v) is 20.1. The highest BCUT2D eigenvalue weighted by atomic mass is 16.7. The Morgan fingerprint density at radius 1 is 0.889 bits per heavy atom. The third-order valence-electron chi connectivity index (χ3n) is 5.40. The number of nitrogens with one attached hydrogen (secondary N) is 1. The SMILES string of the molecule is CC(=O)OC[C@H]1OC[C@H](CC(=O)NOCc2ccccc2)[C@@H](OC(C)=O)[C@@H]1OC(=O)c1ccccc1. The summed E-state index contributed by atoms with van der Waals surface area (Å²) in [5, 5.41) is 0. The van der Waals surface area contributed by atoms with Gasteiger partial charge in [0, 0.05) is 26.2 Å². The zero-order valence-electron chi connectivity index (χ0n) is 20.1. The van der Waals surface area contributed by atoms with E-state index in [1.165, 1.54) is 13.8 Å². The molecule has 0 spiro atoms. The Balaban J connectivity index is 1.71. The van der Waals surface area contributed by atoms with Gasteiger partial charge in [0.2, 0.25) is 5.91 Å². The molecule has 0 radical (unpaired) electrons. The Bertz CT molecular complexity index is 1030. The monoisotopic (exact) mass is 499 g/mol. The molecule has 0 saturated carbocycles. The number of hydrogen-bond acceptors (Lipinski definition) is 9. The highest BCUT2D eigenvalue weighted by Crippen LogP contribution is 2.29. The van der Waals surface area contributed by atoms with Crippen molar-refractivity contribution in [2.75, 3.05) is 13.2 Å². The zero-order chi connectivity index (χ0) is 25.9. The van der Waals surface area contributed by atoms with Crippen molar-refractivity contribution in [3.8, 4) is 0 Å². The normalized spacial score (nSPS) is 21.2. The number of amides is 1. The van der Waals surface area contributed by atoms with Gasteiger partial charge in [-0.05, 0) is 17.7 Å². The lowest BCUT2D eigenvalue weighted by Gasteiger charge is -2.41. The molecule has 10 nitrogen and oxygen atoms in total. The van der Waals surface area contributed by atoms with Gasteiger partial charge in [-0.25, -0.2) is 10.3 Å². The van der Waals surface area contributed by atoms with Crippen LogP contribution in [0.25, 0.3) is 0 Å². The molecule has 0 bridgehead atoms. The Labute approximate surface area is 208 Å². The van der Waals surface area contributed by atoms with Crippen molar-refractivity contribution in [2.24, 2.45) is 5.92 Å². The molecule has 1 heterocycles. The van der Waals surface area contributed by atoms with Gasteiger partial charge in [-0.3, -0.25) is 19.2 Å². The van der Waals surface area contributed by atoms with E-state index >= 15 is 0 Å². The summed E-state index contributed by atoms with van der Waals surface area (Å²) in [4.78, 5) is 54.0. The summed E-state index contributed by atoms with van der Waals surface area (Å²) in [7, 11) is 0. The lowest BCUT2D eigenvalue weighted by Crippen LogP contribution is -2.56. The van der Waals surface area contributed by atoms with Crippen molar-refractivity contribution in [1.29, 1.82) is 0 Å². The first kappa shape index (κ1) is 26.8. The number of carbonyl (C=O) groups excluding carboxylic acids is 4. The molecule has 192 valence electrons. The summed E-state index contributed by atoms with van der Waals surface area (Å²) in [5.41, 5.74) is 3.52. The van der Waals surface area contributed by atoms with E-state index in [-0.39, 0.29) is 31.8 Å². The molecule has 3 rings (SSSR count). The molecule has 1 aliphatic rings. The summed E-state index contributed by atoms with van der Waals surface area (Å²) < 4.78 is 22.1. The average Bonchev–Trinajstić information content (AvgIpc) is 2.86. The molecule has 1 saturated heterocycles. The van der Waals surface area contributed by atoms with Crippen LogP contribution in [0.5, 0.6) is 0 Å². The van der Waals surface area contributed by atoms with Crippen LogP contribution in [-0.2, 0) is 44.8 Å². The molecule has 10 heteroatoms. The van der Waals surface area contributed by atoms with Gasteiger partial charge in [0.25, 0.3) is 0 Å². The first-order valence-corrected chi connectivity index (χ1v) is 11.5. The molecule has 2 aromatic rings. The van der Waals surface area contributed by atoms with E-state index < -0.39 is 48.0 Å². The largest absolute Gasteiger partial charge is 0.463 e. The smallest absolute Gasteiger partial charge is 0.338 e. The second-order valence-electron chi connectivity index (χ2n) is 8.25. The summed E-state index contributed by atoms with van der Waals surface area (Å²) in [5.74, 6) is -2.97. The molecule has 0 unspecified atom stereocenters. The predicted octanol–water partition coefficient (Wildman–Crippen LogP) is 2.36. The number of carbonyl (C=O) groups is 4. The summed E-state index contributed by atoms with van der Waals surface area (Å²) >= 11 is 0. The van der Waals surface area contributed by atoms with E-state index in [0.29, 0.717) is 0 Å². The Morgan fingerprint density at radius 3 is 2.19 bits per heavy atom. The number of esters is 3. The van der Waals surface area contributed by atoms with Gasteiger partial charge in [0.1, 0.15) is 18.8 Å². The van der Waals surface area contributed by atoms with Crippen LogP contribution in [0.15, 0.2) is 60.7 Å².